The van der Waals surface area contributed by atoms with E-state index in [0.717, 1.165) is 32.4 Å². The van der Waals surface area contributed by atoms with Crippen molar-refractivity contribution in [3.05, 3.63) is 0 Å². The van der Waals surface area contributed by atoms with E-state index in [9.17, 15) is 4.79 Å². The van der Waals surface area contributed by atoms with Crippen LogP contribution in [0.15, 0.2) is 0 Å². The molecule has 1 amide bonds. The van der Waals surface area contributed by atoms with Crippen LogP contribution in [0.25, 0.3) is 0 Å². The molecule has 3 heteroatoms. The first-order valence-corrected chi connectivity index (χ1v) is 5.06. The molecule has 1 aliphatic heterocycles. The molecule has 13 heavy (non-hydrogen) atoms. The van der Waals surface area contributed by atoms with Gasteiger partial charge in [0.25, 0.3) is 0 Å². The van der Waals surface area contributed by atoms with Gasteiger partial charge in [0, 0.05) is 25.0 Å². The smallest absolute Gasteiger partial charge is 0.222 e. The third-order valence-electron chi connectivity index (χ3n) is 2.44. The third-order valence-corrected chi connectivity index (χ3v) is 2.44. The lowest BCUT2D eigenvalue weighted by atomic mass is 10.00. The molecule has 2 N–H and O–H groups in total. The average molecular weight is 184 g/mol. The summed E-state index contributed by atoms with van der Waals surface area (Å²) in [6, 6.07) is 0. The number of rotatable bonds is 3. The summed E-state index contributed by atoms with van der Waals surface area (Å²) in [7, 11) is 0. The fraction of sp³-hybridized carbons (Fsp3) is 0.900. The van der Waals surface area contributed by atoms with E-state index in [2.05, 4.69) is 0 Å². The Morgan fingerprint density at radius 3 is 2.38 bits per heavy atom. The van der Waals surface area contributed by atoms with Crippen LogP contribution < -0.4 is 5.73 Å². The number of carbonyl (C=O) groups excluding carboxylic acids is 1. The van der Waals surface area contributed by atoms with Crippen molar-refractivity contribution < 1.29 is 4.79 Å². The predicted octanol–water partition coefficient (Wildman–Crippen LogP) is 1.13. The zero-order valence-electron chi connectivity index (χ0n) is 8.68. The van der Waals surface area contributed by atoms with E-state index < -0.39 is 0 Å². The first-order chi connectivity index (χ1) is 5.99. The van der Waals surface area contributed by atoms with Gasteiger partial charge in [0.15, 0.2) is 0 Å². The minimum atomic E-state index is -0.213. The van der Waals surface area contributed by atoms with Crippen LogP contribution in [0.4, 0.5) is 0 Å². The van der Waals surface area contributed by atoms with Crippen molar-refractivity contribution in [1.82, 2.24) is 4.90 Å². The normalized spacial score (nSPS) is 17.9. The molecule has 3 nitrogen and oxygen atoms in total. The van der Waals surface area contributed by atoms with E-state index >= 15 is 0 Å². The van der Waals surface area contributed by atoms with Gasteiger partial charge in [-0.2, -0.15) is 0 Å². The molecule has 0 aromatic heterocycles. The lowest BCUT2D eigenvalue weighted by Crippen LogP contribution is -2.35. The Balaban J connectivity index is 2.25. The Hall–Kier alpha value is -0.570. The number of nitrogens with two attached hydrogens (primary N) is 1. The maximum atomic E-state index is 11.6. The molecule has 1 aliphatic rings. The minimum absolute atomic E-state index is 0.213. The number of carbonyl (C=O) groups is 1. The summed E-state index contributed by atoms with van der Waals surface area (Å²) in [5, 5.41) is 0. The van der Waals surface area contributed by atoms with Crippen molar-refractivity contribution in [2.24, 2.45) is 5.73 Å². The van der Waals surface area contributed by atoms with Crippen LogP contribution >= 0.6 is 0 Å². The van der Waals surface area contributed by atoms with Gasteiger partial charge in [-0.3, -0.25) is 4.79 Å². The van der Waals surface area contributed by atoms with Gasteiger partial charge in [-0.15, -0.1) is 0 Å². The van der Waals surface area contributed by atoms with Gasteiger partial charge >= 0.3 is 0 Å². The van der Waals surface area contributed by atoms with E-state index in [4.69, 9.17) is 5.73 Å². The molecule has 0 aromatic rings. The molecule has 0 spiro atoms. The molecule has 1 rings (SSSR count). The Morgan fingerprint density at radius 2 is 1.92 bits per heavy atom. The lowest BCUT2D eigenvalue weighted by Gasteiger charge is -2.20. The van der Waals surface area contributed by atoms with E-state index in [0.29, 0.717) is 6.42 Å². The molecule has 1 fully saturated rings. The van der Waals surface area contributed by atoms with Crippen LogP contribution in [0.1, 0.15) is 39.5 Å². The van der Waals surface area contributed by atoms with Crippen LogP contribution in [0, 0.1) is 0 Å². The van der Waals surface area contributed by atoms with Crippen molar-refractivity contribution in [3.63, 3.8) is 0 Å². The van der Waals surface area contributed by atoms with E-state index in [1.165, 1.54) is 0 Å². The number of hydrogen-bond donors (Lipinski definition) is 1. The Kier molecular flexibility index (Phi) is 3.31. The Labute approximate surface area is 80.3 Å². The number of likely N-dealkylation sites (tertiary alicyclic amines) is 1. The highest BCUT2D eigenvalue weighted by Gasteiger charge is 2.20. The van der Waals surface area contributed by atoms with Gasteiger partial charge in [0.2, 0.25) is 5.91 Å². The first kappa shape index (κ1) is 10.5. The Morgan fingerprint density at radius 1 is 1.38 bits per heavy atom. The maximum absolute atomic E-state index is 11.6. The van der Waals surface area contributed by atoms with Crippen molar-refractivity contribution in [3.8, 4) is 0 Å². The summed E-state index contributed by atoms with van der Waals surface area (Å²) >= 11 is 0. The highest BCUT2D eigenvalue weighted by atomic mass is 16.2. The first-order valence-electron chi connectivity index (χ1n) is 5.06. The SMILES string of the molecule is CC(C)(N)CCC(=O)N1CCCC1. The second-order valence-electron chi connectivity index (χ2n) is 4.58. The molecule has 0 radical (unpaired) electrons. The van der Waals surface area contributed by atoms with E-state index in [1.54, 1.807) is 0 Å². The molecular formula is C10H20N2O. The van der Waals surface area contributed by atoms with Gasteiger partial charge in [-0.1, -0.05) is 0 Å². The molecule has 1 heterocycles. The number of nitrogens with zero attached hydrogens (tertiary/aromatic N) is 1. The van der Waals surface area contributed by atoms with Gasteiger partial charge in [0.05, 0.1) is 0 Å². The van der Waals surface area contributed by atoms with Crippen LogP contribution in [0.2, 0.25) is 0 Å². The van der Waals surface area contributed by atoms with Crippen LogP contribution in [0.5, 0.6) is 0 Å². The van der Waals surface area contributed by atoms with Gasteiger partial charge in [-0.05, 0) is 33.1 Å². The van der Waals surface area contributed by atoms with E-state index in [-0.39, 0.29) is 11.4 Å². The van der Waals surface area contributed by atoms with Crippen LogP contribution in [-0.2, 0) is 4.79 Å². The van der Waals surface area contributed by atoms with Crippen molar-refractivity contribution >= 4 is 5.91 Å². The van der Waals surface area contributed by atoms with Crippen molar-refractivity contribution in [2.75, 3.05) is 13.1 Å². The second-order valence-corrected chi connectivity index (χ2v) is 4.58. The van der Waals surface area contributed by atoms with Crippen molar-refractivity contribution in [1.29, 1.82) is 0 Å². The Bertz CT molecular complexity index is 178. The highest BCUT2D eigenvalue weighted by molar-refractivity contribution is 5.76. The number of hydrogen-bond acceptors (Lipinski definition) is 2. The van der Waals surface area contributed by atoms with Crippen LogP contribution in [0.3, 0.4) is 0 Å². The maximum Gasteiger partial charge on any atom is 0.222 e. The average Bonchev–Trinajstić information content (AvgIpc) is 2.50. The summed E-state index contributed by atoms with van der Waals surface area (Å²) in [5.74, 6) is 0.274. The minimum Gasteiger partial charge on any atom is -0.343 e. The summed E-state index contributed by atoms with van der Waals surface area (Å²) < 4.78 is 0. The van der Waals surface area contributed by atoms with Gasteiger partial charge in [-0.25, -0.2) is 0 Å². The molecule has 0 aromatic carbocycles. The van der Waals surface area contributed by atoms with Crippen LogP contribution in [-0.4, -0.2) is 29.4 Å². The fourth-order valence-electron chi connectivity index (χ4n) is 1.55. The standard InChI is InChI=1S/C10H20N2O/c1-10(2,11)6-5-9(13)12-7-3-4-8-12/h3-8,11H2,1-2H3. The summed E-state index contributed by atoms with van der Waals surface area (Å²) in [6.07, 6.45) is 3.71. The summed E-state index contributed by atoms with van der Waals surface area (Å²) in [6.45, 7) is 5.82. The predicted molar refractivity (Wildman–Crippen MR) is 53.3 cm³/mol. The van der Waals surface area contributed by atoms with Gasteiger partial charge < -0.3 is 10.6 Å². The monoisotopic (exact) mass is 184 g/mol. The number of amides is 1. The molecule has 0 aliphatic carbocycles. The zero-order valence-corrected chi connectivity index (χ0v) is 8.68. The third kappa shape index (κ3) is 3.77. The molecule has 0 bridgehead atoms. The fourth-order valence-corrected chi connectivity index (χ4v) is 1.55. The second kappa shape index (κ2) is 4.09. The molecular weight excluding hydrogens is 164 g/mol. The molecule has 76 valence electrons. The molecule has 0 saturated carbocycles. The summed E-state index contributed by atoms with van der Waals surface area (Å²) in [5.41, 5.74) is 5.60. The zero-order chi connectivity index (χ0) is 9.90. The largest absolute Gasteiger partial charge is 0.343 e. The molecule has 1 saturated heterocycles. The quantitative estimate of drug-likeness (QED) is 0.714. The van der Waals surface area contributed by atoms with Crippen molar-refractivity contribution in [2.45, 2.75) is 45.1 Å². The molecule has 0 atom stereocenters. The molecule has 0 unspecified atom stereocenters. The van der Waals surface area contributed by atoms with Gasteiger partial charge in [0.1, 0.15) is 0 Å². The topological polar surface area (TPSA) is 46.3 Å². The van der Waals surface area contributed by atoms with E-state index in [1.807, 2.05) is 18.7 Å². The lowest BCUT2D eigenvalue weighted by molar-refractivity contribution is -0.130. The highest BCUT2D eigenvalue weighted by Crippen LogP contribution is 2.13. The summed E-state index contributed by atoms with van der Waals surface area (Å²) in [4.78, 5) is 13.5.